The zero-order valence-corrected chi connectivity index (χ0v) is 10.5. The van der Waals surface area contributed by atoms with Gasteiger partial charge in [0.15, 0.2) is 5.65 Å². The Kier molecular flexibility index (Phi) is 2.92. The normalized spacial score (nSPS) is 10.7. The van der Waals surface area contributed by atoms with Crippen LogP contribution in [0.4, 0.5) is 5.69 Å². The number of nitrogens with one attached hydrogen (secondary N) is 1. The molecule has 9 heteroatoms. The van der Waals surface area contributed by atoms with Crippen molar-refractivity contribution in [2.24, 2.45) is 0 Å². The molecule has 1 aromatic carbocycles. The Bertz CT molecular complexity index is 804. The van der Waals surface area contributed by atoms with Crippen LogP contribution in [-0.4, -0.2) is 24.9 Å². The molecule has 0 saturated carbocycles. The second-order valence-electron chi connectivity index (χ2n) is 3.73. The van der Waals surface area contributed by atoms with Gasteiger partial charge in [0.2, 0.25) is 16.9 Å². The first-order chi connectivity index (χ1) is 9.65. The molecule has 20 heavy (non-hydrogen) atoms. The summed E-state index contributed by atoms with van der Waals surface area (Å²) < 4.78 is 5.47. The van der Waals surface area contributed by atoms with Gasteiger partial charge in [-0.25, -0.2) is 4.98 Å². The molecule has 0 saturated heterocycles. The van der Waals surface area contributed by atoms with E-state index in [2.05, 4.69) is 19.9 Å². The summed E-state index contributed by atoms with van der Waals surface area (Å²) in [6, 6.07) is 5.97. The lowest BCUT2D eigenvalue weighted by Crippen LogP contribution is -1.96. The number of imidazole rings is 1. The lowest BCUT2D eigenvalue weighted by molar-refractivity contribution is -0.385. The molecule has 8 nitrogen and oxygen atoms in total. The van der Waals surface area contributed by atoms with E-state index in [1.54, 1.807) is 12.1 Å². The summed E-state index contributed by atoms with van der Waals surface area (Å²) in [4.78, 5) is 24.9. The smallest absolute Gasteiger partial charge is 0.311 e. The predicted octanol–water partition coefficient (Wildman–Crippen LogP) is 2.71. The standard InChI is InChI=1S/C11H6ClN5O3/c12-11-15-9-8(13-5-14-9)10(16-11)20-7-4-2-1-3-6(7)17(18)19/h1-5H,(H,13,14,15,16). The van der Waals surface area contributed by atoms with Crippen LogP contribution in [0.3, 0.4) is 0 Å². The van der Waals surface area contributed by atoms with E-state index in [1.807, 2.05) is 0 Å². The molecule has 0 aliphatic carbocycles. The number of nitro benzene ring substituents is 1. The van der Waals surface area contributed by atoms with E-state index in [0.29, 0.717) is 11.2 Å². The molecule has 2 aromatic heterocycles. The molecule has 0 bridgehead atoms. The number of fused-ring (bicyclic) bond motifs is 1. The molecule has 100 valence electrons. The molecule has 0 amide bonds. The summed E-state index contributed by atoms with van der Waals surface area (Å²) in [7, 11) is 0. The second-order valence-corrected chi connectivity index (χ2v) is 4.06. The van der Waals surface area contributed by atoms with Gasteiger partial charge in [-0.2, -0.15) is 9.97 Å². The van der Waals surface area contributed by atoms with Crippen LogP contribution in [0.2, 0.25) is 5.28 Å². The highest BCUT2D eigenvalue weighted by Gasteiger charge is 2.18. The number of benzene rings is 1. The summed E-state index contributed by atoms with van der Waals surface area (Å²) in [5, 5.41) is 10.9. The average molecular weight is 292 g/mol. The van der Waals surface area contributed by atoms with Crippen molar-refractivity contribution in [3.63, 3.8) is 0 Å². The van der Waals surface area contributed by atoms with E-state index in [9.17, 15) is 10.1 Å². The Morgan fingerprint density at radius 1 is 1.30 bits per heavy atom. The zero-order chi connectivity index (χ0) is 14.1. The predicted molar refractivity (Wildman–Crippen MR) is 69.9 cm³/mol. The van der Waals surface area contributed by atoms with Gasteiger partial charge in [0.05, 0.1) is 11.3 Å². The van der Waals surface area contributed by atoms with E-state index in [4.69, 9.17) is 16.3 Å². The molecule has 1 N–H and O–H groups in total. The number of rotatable bonds is 3. The molecule has 0 radical (unpaired) electrons. The van der Waals surface area contributed by atoms with Crippen molar-refractivity contribution in [3.05, 3.63) is 46.0 Å². The third-order valence-corrected chi connectivity index (χ3v) is 2.66. The number of H-pyrrole nitrogens is 1. The molecular weight excluding hydrogens is 286 g/mol. The molecule has 0 unspecified atom stereocenters. The van der Waals surface area contributed by atoms with Crippen LogP contribution in [0.25, 0.3) is 11.2 Å². The first-order valence-corrected chi connectivity index (χ1v) is 5.81. The van der Waals surface area contributed by atoms with E-state index in [0.717, 1.165) is 0 Å². The second kappa shape index (κ2) is 4.74. The fraction of sp³-hybridized carbons (Fsp3) is 0. The van der Waals surface area contributed by atoms with Gasteiger partial charge in [-0.05, 0) is 17.7 Å². The Labute approximate surface area is 116 Å². The van der Waals surface area contributed by atoms with Crippen LogP contribution in [0.1, 0.15) is 0 Å². The topological polar surface area (TPSA) is 107 Å². The van der Waals surface area contributed by atoms with Crippen LogP contribution in [-0.2, 0) is 0 Å². The van der Waals surface area contributed by atoms with Crippen LogP contribution in [0, 0.1) is 10.1 Å². The van der Waals surface area contributed by atoms with Crippen molar-refractivity contribution in [1.82, 2.24) is 19.9 Å². The van der Waals surface area contributed by atoms with Gasteiger partial charge in [-0.3, -0.25) is 10.1 Å². The Hall–Kier alpha value is -2.74. The van der Waals surface area contributed by atoms with Crippen LogP contribution in [0.15, 0.2) is 30.6 Å². The van der Waals surface area contributed by atoms with E-state index >= 15 is 0 Å². The SMILES string of the molecule is O=[N+]([O-])c1ccccc1Oc1nc(Cl)nc2nc[nH]c12. The minimum atomic E-state index is -0.539. The Morgan fingerprint density at radius 3 is 2.90 bits per heavy atom. The molecule has 0 fully saturated rings. The van der Waals surface area contributed by atoms with Crippen molar-refractivity contribution in [3.8, 4) is 11.6 Å². The fourth-order valence-corrected chi connectivity index (χ4v) is 1.81. The van der Waals surface area contributed by atoms with Crippen molar-refractivity contribution in [1.29, 1.82) is 0 Å². The van der Waals surface area contributed by atoms with E-state index in [-0.39, 0.29) is 22.6 Å². The van der Waals surface area contributed by atoms with Crippen LogP contribution >= 0.6 is 11.6 Å². The van der Waals surface area contributed by atoms with Gasteiger partial charge in [-0.15, -0.1) is 0 Å². The van der Waals surface area contributed by atoms with Crippen molar-refractivity contribution < 1.29 is 9.66 Å². The largest absolute Gasteiger partial charge is 0.430 e. The van der Waals surface area contributed by atoms with Crippen molar-refractivity contribution >= 4 is 28.5 Å². The summed E-state index contributed by atoms with van der Waals surface area (Å²) in [6.45, 7) is 0. The highest BCUT2D eigenvalue weighted by Crippen LogP contribution is 2.32. The number of ether oxygens (including phenoxy) is 1. The summed E-state index contributed by atoms with van der Waals surface area (Å²) in [5.41, 5.74) is 0.557. The number of para-hydroxylation sites is 2. The van der Waals surface area contributed by atoms with E-state index in [1.165, 1.54) is 18.5 Å². The lowest BCUT2D eigenvalue weighted by atomic mass is 10.3. The third kappa shape index (κ3) is 2.12. The minimum Gasteiger partial charge on any atom is -0.430 e. The zero-order valence-electron chi connectivity index (χ0n) is 9.78. The third-order valence-electron chi connectivity index (χ3n) is 2.49. The number of aromatic amines is 1. The summed E-state index contributed by atoms with van der Waals surface area (Å²) in [5.74, 6) is 0.134. The minimum absolute atomic E-state index is 0.0572. The van der Waals surface area contributed by atoms with Crippen LogP contribution < -0.4 is 4.74 Å². The Balaban J connectivity index is 2.10. The molecule has 0 spiro atoms. The van der Waals surface area contributed by atoms with Gasteiger partial charge in [0.1, 0.15) is 5.52 Å². The molecule has 0 aliphatic rings. The number of aromatic nitrogens is 4. The van der Waals surface area contributed by atoms with Crippen LogP contribution in [0.5, 0.6) is 11.6 Å². The molecule has 3 rings (SSSR count). The maximum atomic E-state index is 10.9. The maximum absolute atomic E-state index is 10.9. The quantitative estimate of drug-likeness (QED) is 0.451. The number of hydrogen-bond donors (Lipinski definition) is 1. The number of nitro groups is 1. The summed E-state index contributed by atoms with van der Waals surface area (Å²) >= 11 is 5.76. The van der Waals surface area contributed by atoms with Gasteiger partial charge in [0, 0.05) is 6.07 Å². The number of nitrogens with zero attached hydrogens (tertiary/aromatic N) is 4. The molecule has 0 aliphatic heterocycles. The summed E-state index contributed by atoms with van der Waals surface area (Å²) in [6.07, 6.45) is 1.40. The maximum Gasteiger partial charge on any atom is 0.311 e. The van der Waals surface area contributed by atoms with Gasteiger partial charge < -0.3 is 9.72 Å². The molecular formula is C11H6ClN5O3. The fourth-order valence-electron chi connectivity index (χ4n) is 1.65. The number of hydrogen-bond acceptors (Lipinski definition) is 6. The van der Waals surface area contributed by atoms with Gasteiger partial charge >= 0.3 is 5.69 Å². The highest BCUT2D eigenvalue weighted by atomic mass is 35.5. The number of halogens is 1. The molecule has 0 atom stereocenters. The van der Waals surface area contributed by atoms with Crippen molar-refractivity contribution in [2.45, 2.75) is 0 Å². The van der Waals surface area contributed by atoms with Crippen molar-refractivity contribution in [2.75, 3.05) is 0 Å². The highest BCUT2D eigenvalue weighted by molar-refractivity contribution is 6.28. The van der Waals surface area contributed by atoms with Gasteiger partial charge in [-0.1, -0.05) is 12.1 Å². The lowest BCUT2D eigenvalue weighted by Gasteiger charge is -2.05. The monoisotopic (exact) mass is 291 g/mol. The average Bonchev–Trinajstić information content (AvgIpc) is 2.87. The molecule has 2 heterocycles. The van der Waals surface area contributed by atoms with E-state index < -0.39 is 4.92 Å². The molecule has 3 aromatic rings. The first kappa shape index (κ1) is 12.3. The van der Waals surface area contributed by atoms with Gasteiger partial charge in [0.25, 0.3) is 0 Å². The first-order valence-electron chi connectivity index (χ1n) is 5.43. The Morgan fingerprint density at radius 2 is 2.10 bits per heavy atom.